The SMILES string of the molecule is Cc1ccc(S(=O)(=O)N2CCN(Cc3nnc(-c4ccco4)o3)CC2)cc1C. The van der Waals surface area contributed by atoms with Crippen LogP contribution in [0.5, 0.6) is 0 Å². The first kappa shape index (κ1) is 18.9. The van der Waals surface area contributed by atoms with Gasteiger partial charge in [0.2, 0.25) is 15.9 Å². The van der Waals surface area contributed by atoms with Crippen molar-refractivity contribution < 1.29 is 17.3 Å². The van der Waals surface area contributed by atoms with E-state index in [9.17, 15) is 8.42 Å². The van der Waals surface area contributed by atoms with E-state index in [0.29, 0.717) is 55.2 Å². The molecule has 0 aliphatic carbocycles. The first-order valence-corrected chi connectivity index (χ1v) is 10.5. The highest BCUT2D eigenvalue weighted by Gasteiger charge is 2.29. The van der Waals surface area contributed by atoms with E-state index in [1.54, 1.807) is 30.5 Å². The summed E-state index contributed by atoms with van der Waals surface area (Å²) in [6, 6.07) is 8.79. The Bertz CT molecular complexity index is 1050. The van der Waals surface area contributed by atoms with Crippen LogP contribution in [0.4, 0.5) is 0 Å². The third kappa shape index (κ3) is 3.73. The van der Waals surface area contributed by atoms with Crippen LogP contribution in [0.3, 0.4) is 0 Å². The molecule has 1 aliphatic heterocycles. The molecule has 0 N–H and O–H groups in total. The second kappa shape index (κ2) is 7.50. The predicted octanol–water partition coefficient (Wildman–Crippen LogP) is 2.45. The van der Waals surface area contributed by atoms with Crippen molar-refractivity contribution in [3.05, 3.63) is 53.6 Å². The molecule has 1 aromatic carbocycles. The third-order valence-corrected chi connectivity index (χ3v) is 6.90. The van der Waals surface area contributed by atoms with Crippen molar-refractivity contribution in [3.8, 4) is 11.7 Å². The van der Waals surface area contributed by atoms with Gasteiger partial charge in [-0.2, -0.15) is 4.31 Å². The molecule has 3 heterocycles. The molecule has 1 fully saturated rings. The summed E-state index contributed by atoms with van der Waals surface area (Å²) < 4.78 is 38.2. The summed E-state index contributed by atoms with van der Waals surface area (Å²) in [7, 11) is -3.48. The summed E-state index contributed by atoms with van der Waals surface area (Å²) in [5.74, 6) is 1.36. The summed E-state index contributed by atoms with van der Waals surface area (Å²) in [6.07, 6.45) is 1.55. The van der Waals surface area contributed by atoms with Gasteiger partial charge in [0.25, 0.3) is 5.89 Å². The minimum absolute atomic E-state index is 0.343. The van der Waals surface area contributed by atoms with Crippen LogP contribution in [0.2, 0.25) is 0 Å². The highest BCUT2D eigenvalue weighted by molar-refractivity contribution is 7.89. The fraction of sp³-hybridized carbons (Fsp3) is 0.368. The molecule has 0 bridgehead atoms. The molecular formula is C19H22N4O4S. The first-order chi connectivity index (χ1) is 13.4. The van der Waals surface area contributed by atoms with Crippen molar-refractivity contribution in [1.82, 2.24) is 19.4 Å². The van der Waals surface area contributed by atoms with E-state index in [1.807, 2.05) is 19.9 Å². The number of nitrogens with zero attached hydrogens (tertiary/aromatic N) is 4. The van der Waals surface area contributed by atoms with E-state index in [0.717, 1.165) is 11.1 Å². The van der Waals surface area contributed by atoms with Gasteiger partial charge >= 0.3 is 0 Å². The van der Waals surface area contributed by atoms with Gasteiger partial charge in [-0.05, 0) is 49.2 Å². The van der Waals surface area contributed by atoms with Crippen molar-refractivity contribution in [2.24, 2.45) is 0 Å². The Morgan fingerprint density at radius 1 is 1.04 bits per heavy atom. The Labute approximate surface area is 163 Å². The largest absolute Gasteiger partial charge is 0.459 e. The maximum absolute atomic E-state index is 12.9. The molecule has 0 amide bonds. The second-order valence-electron chi connectivity index (χ2n) is 6.90. The van der Waals surface area contributed by atoms with E-state index in [1.165, 1.54) is 4.31 Å². The van der Waals surface area contributed by atoms with Crippen LogP contribution in [0.15, 0.2) is 50.3 Å². The molecule has 148 valence electrons. The van der Waals surface area contributed by atoms with Gasteiger partial charge in [-0.3, -0.25) is 4.90 Å². The number of hydrogen-bond acceptors (Lipinski definition) is 7. The van der Waals surface area contributed by atoms with Crippen molar-refractivity contribution in [1.29, 1.82) is 0 Å². The Kier molecular flexibility index (Phi) is 5.05. The molecule has 0 unspecified atom stereocenters. The maximum atomic E-state index is 12.9. The zero-order valence-electron chi connectivity index (χ0n) is 15.8. The average molecular weight is 402 g/mol. The minimum Gasteiger partial charge on any atom is -0.459 e. The number of piperazine rings is 1. The van der Waals surface area contributed by atoms with Gasteiger partial charge in [-0.25, -0.2) is 8.42 Å². The third-order valence-electron chi connectivity index (χ3n) is 5.01. The topological polar surface area (TPSA) is 92.7 Å². The zero-order chi connectivity index (χ0) is 19.7. The van der Waals surface area contributed by atoms with Gasteiger partial charge in [0.1, 0.15) is 0 Å². The number of hydrogen-bond donors (Lipinski definition) is 0. The van der Waals surface area contributed by atoms with E-state index < -0.39 is 10.0 Å². The highest BCUT2D eigenvalue weighted by Crippen LogP contribution is 2.22. The van der Waals surface area contributed by atoms with Crippen molar-refractivity contribution >= 4 is 10.0 Å². The fourth-order valence-corrected chi connectivity index (χ4v) is 4.67. The number of aromatic nitrogens is 2. The lowest BCUT2D eigenvalue weighted by Crippen LogP contribution is -2.48. The molecule has 0 radical (unpaired) electrons. The summed E-state index contributed by atoms with van der Waals surface area (Å²) in [5.41, 5.74) is 2.06. The molecule has 1 saturated heterocycles. The smallest absolute Gasteiger partial charge is 0.283 e. The Balaban J connectivity index is 1.38. The van der Waals surface area contributed by atoms with E-state index in [-0.39, 0.29) is 0 Å². The van der Waals surface area contributed by atoms with Gasteiger partial charge in [0, 0.05) is 26.2 Å². The fourth-order valence-electron chi connectivity index (χ4n) is 3.16. The molecule has 1 aliphatic rings. The van der Waals surface area contributed by atoms with Crippen LogP contribution in [0.25, 0.3) is 11.7 Å². The molecule has 0 spiro atoms. The maximum Gasteiger partial charge on any atom is 0.283 e. The predicted molar refractivity (Wildman–Crippen MR) is 102 cm³/mol. The molecule has 2 aromatic heterocycles. The number of sulfonamides is 1. The number of aryl methyl sites for hydroxylation is 2. The minimum atomic E-state index is -3.48. The number of furan rings is 1. The van der Waals surface area contributed by atoms with Gasteiger partial charge in [0.05, 0.1) is 17.7 Å². The monoisotopic (exact) mass is 402 g/mol. The molecule has 9 heteroatoms. The number of rotatable bonds is 5. The quantitative estimate of drug-likeness (QED) is 0.647. The molecule has 4 rings (SSSR count). The van der Waals surface area contributed by atoms with Crippen LogP contribution in [-0.2, 0) is 16.6 Å². The van der Waals surface area contributed by atoms with Crippen molar-refractivity contribution in [3.63, 3.8) is 0 Å². The van der Waals surface area contributed by atoms with Gasteiger partial charge in [-0.15, -0.1) is 10.2 Å². The van der Waals surface area contributed by atoms with E-state index in [4.69, 9.17) is 8.83 Å². The van der Waals surface area contributed by atoms with Crippen LogP contribution >= 0.6 is 0 Å². The first-order valence-electron chi connectivity index (χ1n) is 9.09. The Hall–Kier alpha value is -2.49. The van der Waals surface area contributed by atoms with Crippen molar-refractivity contribution in [2.45, 2.75) is 25.3 Å². The molecule has 0 atom stereocenters. The lowest BCUT2D eigenvalue weighted by Gasteiger charge is -2.33. The molecular weight excluding hydrogens is 380 g/mol. The van der Waals surface area contributed by atoms with E-state index >= 15 is 0 Å². The molecule has 8 nitrogen and oxygen atoms in total. The van der Waals surface area contributed by atoms with Crippen LogP contribution in [0, 0.1) is 13.8 Å². The second-order valence-corrected chi connectivity index (χ2v) is 8.84. The van der Waals surface area contributed by atoms with Gasteiger partial charge in [-0.1, -0.05) is 6.07 Å². The average Bonchev–Trinajstić information content (AvgIpc) is 3.36. The summed E-state index contributed by atoms with van der Waals surface area (Å²) in [5, 5.41) is 8.04. The molecule has 3 aromatic rings. The van der Waals surface area contributed by atoms with Crippen molar-refractivity contribution in [2.75, 3.05) is 26.2 Å². The van der Waals surface area contributed by atoms with Crippen LogP contribution in [0.1, 0.15) is 17.0 Å². The molecule has 0 saturated carbocycles. The lowest BCUT2D eigenvalue weighted by molar-refractivity contribution is 0.168. The van der Waals surface area contributed by atoms with Gasteiger partial charge < -0.3 is 8.83 Å². The van der Waals surface area contributed by atoms with E-state index in [2.05, 4.69) is 15.1 Å². The lowest BCUT2D eigenvalue weighted by atomic mass is 10.1. The van der Waals surface area contributed by atoms with Crippen LogP contribution < -0.4 is 0 Å². The Morgan fingerprint density at radius 2 is 1.82 bits per heavy atom. The van der Waals surface area contributed by atoms with Gasteiger partial charge in [0.15, 0.2) is 5.76 Å². The van der Waals surface area contributed by atoms with Crippen LogP contribution in [-0.4, -0.2) is 54.0 Å². The normalized spacial score (nSPS) is 16.5. The summed E-state index contributed by atoms with van der Waals surface area (Å²) in [4.78, 5) is 2.45. The summed E-state index contributed by atoms with van der Waals surface area (Å²) in [6.45, 7) is 6.42. The standard InChI is InChI=1S/C19H22N4O4S/c1-14-5-6-16(12-15(14)2)28(24,25)23-9-7-22(8-10-23)13-18-20-21-19(27-18)17-4-3-11-26-17/h3-6,11-12H,7-10,13H2,1-2H3. The highest BCUT2D eigenvalue weighted by atomic mass is 32.2. The molecule has 28 heavy (non-hydrogen) atoms. The summed E-state index contributed by atoms with van der Waals surface area (Å²) >= 11 is 0. The Morgan fingerprint density at radius 3 is 2.50 bits per heavy atom. The number of benzene rings is 1. The zero-order valence-corrected chi connectivity index (χ0v) is 16.6.